The zero-order valence-electron chi connectivity index (χ0n) is 9.29. The number of halogens is 2. The molecule has 1 atom stereocenters. The smallest absolute Gasteiger partial charge is 0.295 e. The Morgan fingerprint density at radius 2 is 2.00 bits per heavy atom. The molecule has 19 heavy (non-hydrogen) atoms. The van der Waals surface area contributed by atoms with E-state index >= 15 is 0 Å². The number of nitrogens with zero attached hydrogens (tertiary/aromatic N) is 3. The summed E-state index contributed by atoms with van der Waals surface area (Å²) < 4.78 is 32.1. The number of nitrogens with one attached hydrogen (secondary N) is 1. The Hall–Kier alpha value is -1.22. The Bertz CT molecular complexity index is 647. The molecule has 1 heterocycles. The van der Waals surface area contributed by atoms with Gasteiger partial charge in [0.15, 0.2) is 5.00 Å². The average molecular weight is 323 g/mol. The third-order valence-electron chi connectivity index (χ3n) is 2.30. The Morgan fingerprint density at radius 3 is 2.58 bits per heavy atom. The standard InChI is InChI=1S/C9H8Cl2N4O3S/c10-6-2-1-3-9(11,7(6)19(16,17)18)15-8-13-4-12-5-14-8/h1-2,4-5H,3H2,(H,16,17,18)(H,12,13,14,15). The Labute approximate surface area is 119 Å². The fourth-order valence-electron chi connectivity index (χ4n) is 1.60. The van der Waals surface area contributed by atoms with Gasteiger partial charge in [0.2, 0.25) is 5.95 Å². The minimum atomic E-state index is -4.57. The first kappa shape index (κ1) is 14.2. The van der Waals surface area contributed by atoms with E-state index in [1.54, 1.807) is 6.08 Å². The molecule has 2 N–H and O–H groups in total. The summed E-state index contributed by atoms with van der Waals surface area (Å²) in [6, 6.07) is 0. The van der Waals surface area contributed by atoms with Gasteiger partial charge in [0.1, 0.15) is 17.6 Å². The van der Waals surface area contributed by atoms with Gasteiger partial charge in [-0.1, -0.05) is 29.3 Å². The third kappa shape index (κ3) is 3.03. The maximum absolute atomic E-state index is 11.4. The molecule has 0 saturated heterocycles. The summed E-state index contributed by atoms with van der Waals surface area (Å²) in [6.45, 7) is 0. The van der Waals surface area contributed by atoms with Gasteiger partial charge in [0.25, 0.3) is 10.1 Å². The molecule has 0 radical (unpaired) electrons. The monoisotopic (exact) mass is 322 g/mol. The number of anilines is 1. The second kappa shape index (κ2) is 5.04. The van der Waals surface area contributed by atoms with Gasteiger partial charge in [-0.15, -0.1) is 0 Å². The van der Waals surface area contributed by atoms with Crippen molar-refractivity contribution in [3.8, 4) is 0 Å². The summed E-state index contributed by atoms with van der Waals surface area (Å²) in [5, 5.41) is 2.44. The first-order valence-electron chi connectivity index (χ1n) is 4.96. The van der Waals surface area contributed by atoms with E-state index in [9.17, 15) is 13.0 Å². The molecule has 0 saturated carbocycles. The lowest BCUT2D eigenvalue weighted by molar-refractivity contribution is 0.485. The molecule has 1 aliphatic rings. The van der Waals surface area contributed by atoms with Crippen LogP contribution in [0.5, 0.6) is 0 Å². The van der Waals surface area contributed by atoms with Gasteiger partial charge < -0.3 is 5.32 Å². The van der Waals surface area contributed by atoms with Crippen molar-refractivity contribution in [1.29, 1.82) is 0 Å². The van der Waals surface area contributed by atoms with Crippen LogP contribution in [0.3, 0.4) is 0 Å². The first-order chi connectivity index (χ1) is 8.83. The van der Waals surface area contributed by atoms with Crippen molar-refractivity contribution >= 4 is 39.3 Å². The molecule has 1 aliphatic carbocycles. The molecule has 0 amide bonds. The van der Waals surface area contributed by atoms with Crippen LogP contribution in [0, 0.1) is 0 Å². The highest BCUT2D eigenvalue weighted by Gasteiger charge is 2.42. The molecule has 102 valence electrons. The molecule has 1 aromatic rings. The van der Waals surface area contributed by atoms with Crippen molar-refractivity contribution in [2.45, 2.75) is 11.4 Å². The average Bonchev–Trinajstić information content (AvgIpc) is 2.27. The van der Waals surface area contributed by atoms with Crippen LogP contribution < -0.4 is 5.32 Å². The second-order valence-electron chi connectivity index (χ2n) is 3.65. The SMILES string of the molecule is O=S(=O)(O)C1=C(Cl)C=CCC1(Cl)Nc1ncncn1. The number of alkyl halides is 1. The van der Waals surface area contributed by atoms with Gasteiger partial charge in [-0.2, -0.15) is 8.42 Å². The molecule has 0 spiro atoms. The summed E-state index contributed by atoms with van der Waals surface area (Å²) in [7, 11) is -4.57. The fraction of sp³-hybridized carbons (Fsp3) is 0.222. The summed E-state index contributed by atoms with van der Waals surface area (Å²) in [4.78, 5) is 8.98. The van der Waals surface area contributed by atoms with Crippen LogP contribution in [-0.2, 0) is 10.1 Å². The zero-order chi connectivity index (χ0) is 14.1. The zero-order valence-corrected chi connectivity index (χ0v) is 11.6. The normalized spacial score (nSPS) is 23.5. The Balaban J connectivity index is 2.45. The molecule has 0 fully saturated rings. The van der Waals surface area contributed by atoms with E-state index in [1.807, 2.05) is 0 Å². The third-order valence-corrected chi connectivity index (χ3v) is 4.36. The van der Waals surface area contributed by atoms with Crippen molar-refractivity contribution in [2.24, 2.45) is 0 Å². The highest BCUT2D eigenvalue weighted by Crippen LogP contribution is 2.39. The predicted octanol–water partition coefficient (Wildman–Crippen LogP) is 1.52. The van der Waals surface area contributed by atoms with Crippen LogP contribution in [0.1, 0.15) is 6.42 Å². The quantitative estimate of drug-likeness (QED) is 0.493. The number of rotatable bonds is 3. The maximum atomic E-state index is 11.4. The van der Waals surface area contributed by atoms with Crippen LogP contribution in [0.4, 0.5) is 5.95 Å². The van der Waals surface area contributed by atoms with Crippen LogP contribution in [-0.4, -0.2) is 32.9 Å². The maximum Gasteiger partial charge on any atom is 0.295 e. The highest BCUT2D eigenvalue weighted by atomic mass is 35.5. The first-order valence-corrected chi connectivity index (χ1v) is 7.16. The molecule has 0 aliphatic heterocycles. The molecule has 0 bridgehead atoms. The molecule has 2 rings (SSSR count). The van der Waals surface area contributed by atoms with Crippen LogP contribution in [0.2, 0.25) is 0 Å². The van der Waals surface area contributed by atoms with Crippen molar-refractivity contribution in [3.63, 3.8) is 0 Å². The van der Waals surface area contributed by atoms with E-state index in [0.29, 0.717) is 0 Å². The largest absolute Gasteiger partial charge is 0.331 e. The van der Waals surface area contributed by atoms with Crippen LogP contribution in [0.25, 0.3) is 0 Å². The van der Waals surface area contributed by atoms with Gasteiger partial charge in [-0.25, -0.2) is 15.0 Å². The predicted molar refractivity (Wildman–Crippen MR) is 70.2 cm³/mol. The minimum absolute atomic E-state index is 0.0610. The van der Waals surface area contributed by atoms with Crippen LogP contribution >= 0.6 is 23.2 Å². The second-order valence-corrected chi connectivity index (χ2v) is 6.06. The van der Waals surface area contributed by atoms with E-state index in [-0.39, 0.29) is 17.4 Å². The van der Waals surface area contributed by atoms with Crippen molar-refractivity contribution < 1.29 is 13.0 Å². The van der Waals surface area contributed by atoms with E-state index in [1.165, 1.54) is 18.7 Å². The van der Waals surface area contributed by atoms with Gasteiger partial charge in [-0.3, -0.25) is 4.55 Å². The Morgan fingerprint density at radius 1 is 1.37 bits per heavy atom. The number of hydrogen-bond acceptors (Lipinski definition) is 6. The topological polar surface area (TPSA) is 105 Å². The molecule has 7 nitrogen and oxygen atoms in total. The Kier molecular flexibility index (Phi) is 3.77. The fourth-order valence-corrected chi connectivity index (χ4v) is 3.62. The lowest BCUT2D eigenvalue weighted by atomic mass is 10.1. The lowest BCUT2D eigenvalue weighted by Gasteiger charge is -2.30. The molecular formula is C9H8Cl2N4O3S. The van der Waals surface area contributed by atoms with Gasteiger partial charge in [0.05, 0.1) is 5.03 Å². The van der Waals surface area contributed by atoms with Crippen molar-refractivity contribution in [3.05, 3.63) is 34.7 Å². The molecule has 0 aromatic carbocycles. The van der Waals surface area contributed by atoms with Crippen molar-refractivity contribution in [1.82, 2.24) is 15.0 Å². The lowest BCUT2D eigenvalue weighted by Crippen LogP contribution is -2.39. The molecule has 10 heteroatoms. The van der Waals surface area contributed by atoms with Crippen molar-refractivity contribution in [2.75, 3.05) is 5.32 Å². The minimum Gasteiger partial charge on any atom is -0.331 e. The van der Waals surface area contributed by atoms with E-state index in [0.717, 1.165) is 0 Å². The summed E-state index contributed by atoms with van der Waals surface area (Å²) >= 11 is 12.0. The molecule has 1 aromatic heterocycles. The van der Waals surface area contributed by atoms with Gasteiger partial charge >= 0.3 is 0 Å². The molecular weight excluding hydrogens is 315 g/mol. The molecule has 1 unspecified atom stereocenters. The van der Waals surface area contributed by atoms with E-state index in [2.05, 4.69) is 20.3 Å². The number of aromatic nitrogens is 3. The van der Waals surface area contributed by atoms with Crippen LogP contribution in [0.15, 0.2) is 34.7 Å². The van der Waals surface area contributed by atoms with E-state index in [4.69, 9.17) is 23.2 Å². The summed E-state index contributed by atoms with van der Waals surface area (Å²) in [6.07, 6.45) is 5.42. The highest BCUT2D eigenvalue weighted by molar-refractivity contribution is 7.90. The van der Waals surface area contributed by atoms with E-state index < -0.39 is 20.0 Å². The summed E-state index contributed by atoms with van der Waals surface area (Å²) in [5.41, 5.74) is 0. The number of allylic oxidation sites excluding steroid dienone is 2. The number of hydrogen-bond donors (Lipinski definition) is 2. The van der Waals surface area contributed by atoms with Gasteiger partial charge in [-0.05, 0) is 6.08 Å². The summed E-state index contributed by atoms with van der Waals surface area (Å²) in [5.74, 6) is 0.0610. The van der Waals surface area contributed by atoms with Gasteiger partial charge in [0, 0.05) is 6.42 Å².